The molecule has 0 radical (unpaired) electrons. The SMILES string of the molecule is Cc1cccc(NC(=O)Nc2cccc(Oc3ccc(N)nc3)c2)c1. The first-order valence-electron chi connectivity index (χ1n) is 7.72. The van der Waals surface area contributed by atoms with E-state index in [9.17, 15) is 4.79 Å². The molecule has 0 aliphatic rings. The molecule has 0 atom stereocenters. The van der Waals surface area contributed by atoms with E-state index in [2.05, 4.69) is 15.6 Å². The highest BCUT2D eigenvalue weighted by atomic mass is 16.5. The lowest BCUT2D eigenvalue weighted by Crippen LogP contribution is -2.19. The van der Waals surface area contributed by atoms with E-state index in [1.807, 2.05) is 31.2 Å². The molecule has 0 bridgehead atoms. The van der Waals surface area contributed by atoms with Crippen LogP contribution in [0.5, 0.6) is 11.5 Å². The Morgan fingerprint density at radius 1 is 0.960 bits per heavy atom. The zero-order valence-corrected chi connectivity index (χ0v) is 13.7. The van der Waals surface area contributed by atoms with E-state index >= 15 is 0 Å². The average Bonchev–Trinajstić information content (AvgIpc) is 2.57. The van der Waals surface area contributed by atoms with Crippen molar-refractivity contribution in [2.24, 2.45) is 0 Å². The number of anilines is 3. The molecule has 2 amide bonds. The van der Waals surface area contributed by atoms with E-state index in [1.165, 1.54) is 0 Å². The third kappa shape index (κ3) is 4.71. The zero-order chi connectivity index (χ0) is 17.6. The summed E-state index contributed by atoms with van der Waals surface area (Å²) in [4.78, 5) is 16.1. The van der Waals surface area contributed by atoms with Gasteiger partial charge in [-0.2, -0.15) is 0 Å². The molecule has 2 aromatic carbocycles. The first-order chi connectivity index (χ1) is 12.1. The van der Waals surface area contributed by atoms with Gasteiger partial charge in [-0.25, -0.2) is 9.78 Å². The van der Waals surface area contributed by atoms with Crippen molar-refractivity contribution in [1.82, 2.24) is 4.98 Å². The lowest BCUT2D eigenvalue weighted by Gasteiger charge is -2.10. The van der Waals surface area contributed by atoms with E-state index in [4.69, 9.17) is 10.5 Å². The highest BCUT2D eigenvalue weighted by molar-refractivity contribution is 5.99. The molecular formula is C19H18N4O2. The Morgan fingerprint density at radius 3 is 2.36 bits per heavy atom. The summed E-state index contributed by atoms with van der Waals surface area (Å²) in [7, 11) is 0. The van der Waals surface area contributed by atoms with Crippen LogP contribution in [-0.2, 0) is 0 Å². The number of hydrogen-bond donors (Lipinski definition) is 3. The minimum Gasteiger partial charge on any atom is -0.456 e. The first-order valence-corrected chi connectivity index (χ1v) is 7.72. The normalized spacial score (nSPS) is 10.1. The van der Waals surface area contributed by atoms with Crippen molar-refractivity contribution in [3.8, 4) is 11.5 Å². The third-order valence-corrected chi connectivity index (χ3v) is 3.36. The molecule has 0 saturated carbocycles. The maximum absolute atomic E-state index is 12.1. The highest BCUT2D eigenvalue weighted by Gasteiger charge is 2.05. The fourth-order valence-corrected chi connectivity index (χ4v) is 2.24. The standard InChI is InChI=1S/C19H18N4O2/c1-13-4-2-5-14(10-13)22-19(24)23-15-6-3-7-16(11-15)25-17-8-9-18(20)21-12-17/h2-12H,1H3,(H2,20,21)(H2,22,23,24). The maximum atomic E-state index is 12.1. The smallest absolute Gasteiger partial charge is 0.323 e. The summed E-state index contributed by atoms with van der Waals surface area (Å²) < 4.78 is 5.70. The number of hydrogen-bond acceptors (Lipinski definition) is 4. The minimum atomic E-state index is -0.322. The Hall–Kier alpha value is -3.54. The van der Waals surface area contributed by atoms with Gasteiger partial charge in [0.15, 0.2) is 0 Å². The third-order valence-electron chi connectivity index (χ3n) is 3.36. The van der Waals surface area contributed by atoms with Crippen molar-refractivity contribution in [3.05, 3.63) is 72.4 Å². The van der Waals surface area contributed by atoms with Gasteiger partial charge in [0.05, 0.1) is 6.20 Å². The number of nitrogen functional groups attached to an aromatic ring is 1. The van der Waals surface area contributed by atoms with Crippen molar-refractivity contribution < 1.29 is 9.53 Å². The average molecular weight is 334 g/mol. The maximum Gasteiger partial charge on any atom is 0.323 e. The van der Waals surface area contributed by atoms with Crippen LogP contribution in [0, 0.1) is 6.92 Å². The van der Waals surface area contributed by atoms with Gasteiger partial charge in [0, 0.05) is 17.4 Å². The van der Waals surface area contributed by atoms with Crippen LogP contribution in [-0.4, -0.2) is 11.0 Å². The molecule has 1 heterocycles. The van der Waals surface area contributed by atoms with Gasteiger partial charge >= 0.3 is 6.03 Å². The fourth-order valence-electron chi connectivity index (χ4n) is 2.24. The molecule has 25 heavy (non-hydrogen) atoms. The van der Waals surface area contributed by atoms with E-state index < -0.39 is 0 Å². The number of amides is 2. The predicted molar refractivity (Wildman–Crippen MR) is 99.0 cm³/mol. The molecule has 3 aromatic rings. The van der Waals surface area contributed by atoms with Gasteiger partial charge in [0.25, 0.3) is 0 Å². The Bertz CT molecular complexity index is 879. The zero-order valence-electron chi connectivity index (χ0n) is 13.7. The number of carbonyl (C=O) groups is 1. The number of benzene rings is 2. The van der Waals surface area contributed by atoms with E-state index in [-0.39, 0.29) is 6.03 Å². The topological polar surface area (TPSA) is 89.3 Å². The molecule has 126 valence electrons. The lowest BCUT2D eigenvalue weighted by molar-refractivity contribution is 0.262. The molecule has 6 heteroatoms. The molecule has 1 aromatic heterocycles. The van der Waals surface area contributed by atoms with E-state index in [1.54, 1.807) is 42.6 Å². The number of pyridine rings is 1. The molecule has 0 aliphatic heterocycles. The minimum absolute atomic E-state index is 0.322. The summed E-state index contributed by atoms with van der Waals surface area (Å²) in [5, 5.41) is 5.57. The summed E-state index contributed by atoms with van der Waals surface area (Å²) in [6.45, 7) is 1.97. The van der Waals surface area contributed by atoms with Crippen LogP contribution >= 0.6 is 0 Å². The Labute approximate surface area is 145 Å². The van der Waals surface area contributed by atoms with Crippen molar-refractivity contribution in [2.45, 2.75) is 6.92 Å². The van der Waals surface area contributed by atoms with E-state index in [0.717, 1.165) is 11.3 Å². The molecule has 0 aliphatic carbocycles. The largest absolute Gasteiger partial charge is 0.456 e. The molecule has 0 unspecified atom stereocenters. The molecular weight excluding hydrogens is 316 g/mol. The quantitative estimate of drug-likeness (QED) is 0.659. The number of aromatic nitrogens is 1. The van der Waals surface area contributed by atoms with Crippen molar-refractivity contribution in [3.63, 3.8) is 0 Å². The van der Waals surface area contributed by atoms with Gasteiger partial charge in [0.2, 0.25) is 0 Å². The molecule has 0 spiro atoms. The molecule has 4 N–H and O–H groups in total. The van der Waals surface area contributed by atoms with Crippen molar-refractivity contribution >= 4 is 23.2 Å². The van der Waals surface area contributed by atoms with Crippen LogP contribution in [0.25, 0.3) is 0 Å². The van der Waals surface area contributed by atoms with Crippen LogP contribution in [0.3, 0.4) is 0 Å². The summed E-state index contributed by atoms with van der Waals surface area (Å²) in [6, 6.07) is 17.7. The number of rotatable bonds is 4. The van der Waals surface area contributed by atoms with Crippen LogP contribution in [0.4, 0.5) is 22.0 Å². The number of aryl methyl sites for hydroxylation is 1. The van der Waals surface area contributed by atoms with Gasteiger partial charge in [0.1, 0.15) is 17.3 Å². The number of nitrogens with two attached hydrogens (primary N) is 1. The second-order valence-corrected chi connectivity index (χ2v) is 5.50. The van der Waals surface area contributed by atoms with Crippen LogP contribution in [0.15, 0.2) is 66.9 Å². The number of nitrogens with one attached hydrogen (secondary N) is 2. The van der Waals surface area contributed by atoms with Crippen LogP contribution in [0.2, 0.25) is 0 Å². The summed E-state index contributed by atoms with van der Waals surface area (Å²) in [6.07, 6.45) is 1.54. The molecule has 3 rings (SSSR count). The number of nitrogens with zero attached hydrogens (tertiary/aromatic N) is 1. The molecule has 0 saturated heterocycles. The Kier molecular flexibility index (Phi) is 4.80. The van der Waals surface area contributed by atoms with Crippen molar-refractivity contribution in [1.29, 1.82) is 0 Å². The second-order valence-electron chi connectivity index (χ2n) is 5.50. The molecule has 6 nitrogen and oxygen atoms in total. The molecule has 0 fully saturated rings. The monoisotopic (exact) mass is 334 g/mol. The van der Waals surface area contributed by atoms with E-state index in [0.29, 0.717) is 23.0 Å². The van der Waals surface area contributed by atoms with Crippen molar-refractivity contribution in [2.75, 3.05) is 16.4 Å². The van der Waals surface area contributed by atoms with Crippen LogP contribution < -0.4 is 21.1 Å². The lowest BCUT2D eigenvalue weighted by atomic mass is 10.2. The predicted octanol–water partition coefficient (Wildman–Crippen LogP) is 4.41. The number of urea groups is 1. The Balaban J connectivity index is 1.64. The van der Waals surface area contributed by atoms with Gasteiger partial charge < -0.3 is 21.1 Å². The van der Waals surface area contributed by atoms with Gasteiger partial charge in [-0.1, -0.05) is 18.2 Å². The summed E-state index contributed by atoms with van der Waals surface area (Å²) in [5.74, 6) is 1.58. The number of ether oxygens (including phenoxy) is 1. The highest BCUT2D eigenvalue weighted by Crippen LogP contribution is 2.24. The van der Waals surface area contributed by atoms with Gasteiger partial charge in [-0.3, -0.25) is 0 Å². The van der Waals surface area contributed by atoms with Gasteiger partial charge in [-0.15, -0.1) is 0 Å². The van der Waals surface area contributed by atoms with Gasteiger partial charge in [-0.05, 0) is 48.9 Å². The second kappa shape index (κ2) is 7.35. The Morgan fingerprint density at radius 2 is 1.68 bits per heavy atom. The summed E-state index contributed by atoms with van der Waals surface area (Å²) >= 11 is 0. The first kappa shape index (κ1) is 16.3. The fraction of sp³-hybridized carbons (Fsp3) is 0.0526. The number of carbonyl (C=O) groups excluding carboxylic acids is 1. The summed E-state index contributed by atoms with van der Waals surface area (Å²) in [5.41, 5.74) is 7.98. The van der Waals surface area contributed by atoms with Crippen LogP contribution in [0.1, 0.15) is 5.56 Å².